The molecular formula is C10H8N6O. The van der Waals surface area contributed by atoms with Crippen molar-refractivity contribution in [2.24, 2.45) is 0 Å². The van der Waals surface area contributed by atoms with E-state index in [1.165, 1.54) is 0 Å². The molecule has 0 bridgehead atoms. The number of H-pyrrole nitrogens is 1. The molecule has 0 spiro atoms. The van der Waals surface area contributed by atoms with Crippen molar-refractivity contribution in [3.63, 3.8) is 0 Å². The molecule has 3 heterocycles. The normalized spacial score (nSPS) is 16.7. The summed E-state index contributed by atoms with van der Waals surface area (Å²) in [5.41, 5.74) is -2.03. The fraction of sp³-hybridized carbons (Fsp3) is 0.100. The average molecular weight is 234 g/mol. The van der Waals surface area contributed by atoms with Crippen molar-refractivity contribution in [3.8, 4) is 11.4 Å². The predicted octanol–water partition coefficient (Wildman–Crippen LogP) is 0.183. The van der Waals surface area contributed by atoms with Gasteiger partial charge in [-0.15, -0.1) is 10.2 Å². The molecule has 0 amide bonds. The van der Waals surface area contributed by atoms with Crippen molar-refractivity contribution >= 4 is 5.65 Å². The van der Waals surface area contributed by atoms with Crippen LogP contribution in [0.25, 0.3) is 17.0 Å². The first-order chi connectivity index (χ1) is 10.7. The Labute approximate surface area is 104 Å². The second kappa shape index (κ2) is 3.48. The number of pyridine rings is 1. The highest BCUT2D eigenvalue weighted by molar-refractivity contribution is 5.55. The minimum Gasteiger partial charge on any atom is -0.268 e. The molecule has 7 heteroatoms. The molecule has 0 radical (unpaired) electrons. The van der Waals surface area contributed by atoms with E-state index in [-0.39, 0.29) is 17.0 Å². The van der Waals surface area contributed by atoms with E-state index >= 15 is 0 Å². The van der Waals surface area contributed by atoms with Gasteiger partial charge in [0.25, 0.3) is 5.56 Å². The van der Waals surface area contributed by atoms with Crippen molar-refractivity contribution in [2.45, 2.75) is 6.85 Å². The maximum atomic E-state index is 12.5. The number of hydrogen-bond donors (Lipinski definition) is 1. The van der Waals surface area contributed by atoms with Crippen molar-refractivity contribution in [3.05, 3.63) is 40.4 Å². The lowest BCUT2D eigenvalue weighted by atomic mass is 10.2. The summed E-state index contributed by atoms with van der Waals surface area (Å²) in [5.74, 6) is -0.168. The number of aromatic nitrogens is 6. The van der Waals surface area contributed by atoms with Crippen LogP contribution in [-0.4, -0.2) is 30.0 Å². The minimum atomic E-state index is -2.76. The van der Waals surface area contributed by atoms with Gasteiger partial charge < -0.3 is 0 Å². The van der Waals surface area contributed by atoms with Crippen LogP contribution in [0.3, 0.4) is 0 Å². The monoisotopic (exact) mass is 234 g/mol. The lowest BCUT2D eigenvalue weighted by molar-refractivity contribution is 0.881. The Kier molecular flexibility index (Phi) is 1.06. The molecule has 0 saturated heterocycles. The number of rotatable bonds is 1. The van der Waals surface area contributed by atoms with E-state index in [4.69, 9.17) is 8.22 Å². The topological polar surface area (TPSA) is 88.8 Å². The van der Waals surface area contributed by atoms with Gasteiger partial charge in [0.05, 0.1) is 4.11 Å². The number of aryl methyl sites for hydroxylation is 1. The second-order valence-electron chi connectivity index (χ2n) is 3.11. The maximum absolute atomic E-state index is 12.5. The molecule has 0 aromatic carbocycles. The lowest BCUT2D eigenvalue weighted by Crippen LogP contribution is -2.17. The summed E-state index contributed by atoms with van der Waals surface area (Å²) in [6.45, 7) is -2.76. The van der Waals surface area contributed by atoms with Gasteiger partial charge in [0.2, 0.25) is 5.82 Å². The highest BCUT2D eigenvalue weighted by Crippen LogP contribution is 2.09. The van der Waals surface area contributed by atoms with Gasteiger partial charge in [0.15, 0.2) is 0 Å². The summed E-state index contributed by atoms with van der Waals surface area (Å²) in [4.78, 5) is 16.3. The molecule has 0 atom stereocenters. The Bertz CT molecular complexity index is 963. The van der Waals surface area contributed by atoms with E-state index in [0.29, 0.717) is 0 Å². The number of aromatic amines is 1. The van der Waals surface area contributed by atoms with Crippen molar-refractivity contribution < 1.29 is 8.22 Å². The second-order valence-corrected chi connectivity index (χ2v) is 3.11. The molecule has 0 saturated carbocycles. The molecule has 3 rings (SSSR count). The molecule has 0 aliphatic heterocycles. The highest BCUT2D eigenvalue weighted by Gasteiger charge is 2.11. The van der Waals surface area contributed by atoms with Gasteiger partial charge in [0, 0.05) is 16.5 Å². The summed E-state index contributed by atoms with van der Waals surface area (Å²) < 4.78 is 46.6. The molecule has 84 valence electrons. The first kappa shape index (κ1) is 5.17. The van der Waals surface area contributed by atoms with Crippen LogP contribution in [-0.2, 0) is 0 Å². The SMILES string of the molecule is [2H]c1cn2c(=O)c(-c3nn[nH]n3)c([2H])nc2c(C([2H])([2H])[2H])c1[2H]. The maximum Gasteiger partial charge on any atom is 0.269 e. The Morgan fingerprint density at radius 3 is 3.29 bits per heavy atom. The fourth-order valence-electron chi connectivity index (χ4n) is 1.36. The van der Waals surface area contributed by atoms with Crippen molar-refractivity contribution in [1.82, 2.24) is 30.0 Å². The Hall–Kier alpha value is -2.57. The van der Waals surface area contributed by atoms with Crippen molar-refractivity contribution in [1.29, 1.82) is 0 Å². The average Bonchev–Trinajstić information content (AvgIpc) is 2.94. The number of tetrazole rings is 1. The molecule has 1 N–H and O–H groups in total. The Balaban J connectivity index is 2.50. The van der Waals surface area contributed by atoms with E-state index in [2.05, 4.69) is 25.6 Å². The molecule has 0 aliphatic carbocycles. The van der Waals surface area contributed by atoms with Crippen LogP contribution in [0, 0.1) is 6.85 Å². The summed E-state index contributed by atoms with van der Waals surface area (Å²) in [5, 5.41) is 12.7. The van der Waals surface area contributed by atoms with Gasteiger partial charge in [0.1, 0.15) is 11.2 Å². The smallest absolute Gasteiger partial charge is 0.268 e. The molecule has 0 fully saturated rings. The van der Waals surface area contributed by atoms with Crippen LogP contribution in [0.5, 0.6) is 0 Å². The van der Waals surface area contributed by atoms with E-state index in [9.17, 15) is 4.79 Å². The molecular weight excluding hydrogens is 220 g/mol. The van der Waals surface area contributed by atoms with Crippen LogP contribution in [0.4, 0.5) is 0 Å². The van der Waals surface area contributed by atoms with Crippen LogP contribution < -0.4 is 5.56 Å². The molecule has 3 aromatic heterocycles. The van der Waals surface area contributed by atoms with E-state index in [0.717, 1.165) is 10.6 Å². The zero-order valence-electron chi connectivity index (χ0n) is 14.2. The first-order valence-electron chi connectivity index (χ1n) is 7.49. The van der Waals surface area contributed by atoms with Crippen LogP contribution >= 0.6 is 0 Å². The summed E-state index contributed by atoms with van der Waals surface area (Å²) >= 11 is 0. The standard InChI is InChI=1S/C10H8N6O/c1-6-3-2-4-16-9(6)11-5-7(10(16)17)8-12-14-15-13-8/h2-5H,1H3,(H,12,13,14,15)/i1D3,2D,3D,5D. The van der Waals surface area contributed by atoms with Gasteiger partial charge in [-0.3, -0.25) is 9.20 Å². The largest absolute Gasteiger partial charge is 0.269 e. The number of fused-ring (bicyclic) bond motifs is 1. The lowest BCUT2D eigenvalue weighted by Gasteiger charge is -2.03. The van der Waals surface area contributed by atoms with Gasteiger partial charge in [-0.25, -0.2) is 4.98 Å². The van der Waals surface area contributed by atoms with Crippen LogP contribution in [0.2, 0.25) is 0 Å². The molecule has 0 aliphatic rings. The number of nitrogens with one attached hydrogen (secondary N) is 1. The summed E-state index contributed by atoms with van der Waals surface area (Å²) in [6.07, 6.45) is 0.435. The number of nitrogens with zero attached hydrogens (tertiary/aromatic N) is 5. The quantitative estimate of drug-likeness (QED) is 0.649. The van der Waals surface area contributed by atoms with Crippen molar-refractivity contribution in [2.75, 3.05) is 0 Å². The predicted molar refractivity (Wildman–Crippen MR) is 59.4 cm³/mol. The van der Waals surface area contributed by atoms with E-state index in [1.807, 2.05) is 0 Å². The third-order valence-electron chi connectivity index (χ3n) is 2.12. The van der Waals surface area contributed by atoms with E-state index in [1.54, 1.807) is 0 Å². The summed E-state index contributed by atoms with van der Waals surface area (Å²) in [7, 11) is 0. The molecule has 3 aromatic rings. The van der Waals surface area contributed by atoms with Crippen LogP contribution in [0.15, 0.2) is 29.2 Å². The third-order valence-corrected chi connectivity index (χ3v) is 2.12. The Morgan fingerprint density at radius 2 is 2.53 bits per heavy atom. The molecule has 0 unspecified atom stereocenters. The zero-order chi connectivity index (χ0) is 16.9. The minimum absolute atomic E-state index is 0.168. The number of hydrogen-bond acceptors (Lipinski definition) is 5. The third kappa shape index (κ3) is 1.40. The molecule has 7 nitrogen and oxygen atoms in total. The highest BCUT2D eigenvalue weighted by atomic mass is 16.1. The van der Waals surface area contributed by atoms with E-state index < -0.39 is 36.2 Å². The van der Waals surface area contributed by atoms with Crippen LogP contribution in [0.1, 0.15) is 13.8 Å². The first-order valence-corrected chi connectivity index (χ1v) is 4.49. The summed E-state index contributed by atoms with van der Waals surface area (Å²) in [6, 6.07) is -1.02. The van der Waals surface area contributed by atoms with Gasteiger partial charge in [-0.1, -0.05) is 6.04 Å². The molecule has 17 heavy (non-hydrogen) atoms. The van der Waals surface area contributed by atoms with Gasteiger partial charge in [-0.05, 0) is 23.7 Å². The fourth-order valence-corrected chi connectivity index (χ4v) is 1.36. The zero-order valence-corrected chi connectivity index (χ0v) is 8.22. The Morgan fingerprint density at radius 1 is 1.59 bits per heavy atom. The van der Waals surface area contributed by atoms with Gasteiger partial charge >= 0.3 is 0 Å². The van der Waals surface area contributed by atoms with Gasteiger partial charge in [-0.2, -0.15) is 5.21 Å².